The highest BCUT2D eigenvalue weighted by molar-refractivity contribution is 9.10. The largest absolute Gasteiger partial charge is 0.444 e. The molecule has 1 N–H and O–H groups in total. The van der Waals surface area contributed by atoms with Crippen LogP contribution in [0, 0.1) is 0 Å². The number of aromatic nitrogens is 1. The zero-order valence-electron chi connectivity index (χ0n) is 13.3. The van der Waals surface area contributed by atoms with Crippen molar-refractivity contribution in [2.24, 2.45) is 0 Å². The predicted molar refractivity (Wildman–Crippen MR) is 88.1 cm³/mol. The molecule has 2 heterocycles. The van der Waals surface area contributed by atoms with Crippen LogP contribution in [0.15, 0.2) is 22.8 Å². The number of rotatable bonds is 2. The molecule has 1 aromatic rings. The molecule has 1 aliphatic rings. The van der Waals surface area contributed by atoms with Crippen molar-refractivity contribution in [1.29, 1.82) is 0 Å². The molecule has 0 radical (unpaired) electrons. The Hall–Kier alpha value is -1.67. The van der Waals surface area contributed by atoms with E-state index in [1.807, 2.05) is 0 Å². The van der Waals surface area contributed by atoms with Crippen molar-refractivity contribution in [1.82, 2.24) is 9.88 Å². The molecule has 1 atom stereocenters. The van der Waals surface area contributed by atoms with Crippen molar-refractivity contribution in [2.75, 3.05) is 25.1 Å². The van der Waals surface area contributed by atoms with E-state index in [4.69, 9.17) is 9.47 Å². The molecule has 2 rings (SSSR count). The lowest BCUT2D eigenvalue weighted by molar-refractivity contribution is -0.127. The first-order valence-corrected chi connectivity index (χ1v) is 8.06. The summed E-state index contributed by atoms with van der Waals surface area (Å²) in [6.07, 6.45) is -0.525. The van der Waals surface area contributed by atoms with Crippen LogP contribution in [-0.4, -0.2) is 53.3 Å². The van der Waals surface area contributed by atoms with Crippen molar-refractivity contribution in [3.8, 4) is 0 Å². The molecule has 0 spiro atoms. The van der Waals surface area contributed by atoms with Crippen molar-refractivity contribution in [3.63, 3.8) is 0 Å². The quantitative estimate of drug-likeness (QED) is 0.790. The summed E-state index contributed by atoms with van der Waals surface area (Å²) < 4.78 is 11.3. The highest BCUT2D eigenvalue weighted by Gasteiger charge is 2.35. The summed E-state index contributed by atoms with van der Waals surface area (Å²) in [4.78, 5) is 30.3. The number of morpholine rings is 1. The molecule has 0 saturated carbocycles. The van der Waals surface area contributed by atoms with Crippen LogP contribution in [-0.2, 0) is 14.3 Å². The number of halogens is 1. The minimum Gasteiger partial charge on any atom is -0.444 e. The number of hydrogen-bond donors (Lipinski definition) is 1. The fourth-order valence-electron chi connectivity index (χ4n) is 2.05. The summed E-state index contributed by atoms with van der Waals surface area (Å²) in [5, 5.41) is 2.69. The predicted octanol–water partition coefficient (Wildman–Crippen LogP) is 2.42. The number of hydrogen-bond acceptors (Lipinski definition) is 5. The van der Waals surface area contributed by atoms with E-state index in [1.165, 1.54) is 4.90 Å². The summed E-state index contributed by atoms with van der Waals surface area (Å²) in [6, 6.07) is 4.44. The summed E-state index contributed by atoms with van der Waals surface area (Å²) in [5.41, 5.74) is -0.623. The highest BCUT2D eigenvalue weighted by Crippen LogP contribution is 2.16. The smallest absolute Gasteiger partial charge is 0.411 e. The van der Waals surface area contributed by atoms with Gasteiger partial charge in [0.05, 0.1) is 13.2 Å². The minimum atomic E-state index is -0.751. The Morgan fingerprint density at radius 3 is 2.83 bits per heavy atom. The molecule has 126 valence electrons. The molecular weight excluding hydrogens is 366 g/mol. The van der Waals surface area contributed by atoms with Crippen LogP contribution in [0.3, 0.4) is 0 Å². The lowest BCUT2D eigenvalue weighted by Gasteiger charge is -2.35. The fraction of sp³-hybridized carbons (Fsp3) is 0.533. The Bertz CT molecular complexity index is 588. The van der Waals surface area contributed by atoms with Crippen LogP contribution >= 0.6 is 15.9 Å². The third kappa shape index (κ3) is 5.18. The molecule has 1 saturated heterocycles. The first-order valence-electron chi connectivity index (χ1n) is 7.27. The summed E-state index contributed by atoms with van der Waals surface area (Å²) in [5.74, 6) is 0.0419. The zero-order chi connectivity index (χ0) is 17.0. The van der Waals surface area contributed by atoms with Gasteiger partial charge in [-0.3, -0.25) is 9.69 Å². The standard InChI is InChI=1S/C15H20BrN3O4/c1-15(2,3)23-14(21)19-7-8-22-9-10(19)13(20)18-12-6-4-5-11(16)17-12/h4-6,10H,7-9H2,1-3H3,(H,17,18,20)/t10-/m0/s1. The van der Waals surface area contributed by atoms with E-state index < -0.39 is 17.7 Å². The topological polar surface area (TPSA) is 80.8 Å². The third-order valence-electron chi connectivity index (χ3n) is 3.03. The summed E-state index contributed by atoms with van der Waals surface area (Å²) >= 11 is 3.24. The van der Waals surface area contributed by atoms with E-state index in [1.54, 1.807) is 39.0 Å². The van der Waals surface area contributed by atoms with E-state index in [2.05, 4.69) is 26.2 Å². The van der Waals surface area contributed by atoms with Gasteiger partial charge in [-0.25, -0.2) is 9.78 Å². The van der Waals surface area contributed by atoms with Gasteiger partial charge in [0.15, 0.2) is 0 Å². The lowest BCUT2D eigenvalue weighted by Crippen LogP contribution is -2.55. The second-order valence-electron chi connectivity index (χ2n) is 6.10. The SMILES string of the molecule is CC(C)(C)OC(=O)N1CCOC[C@H]1C(=O)Nc1cccc(Br)n1. The van der Waals surface area contributed by atoms with Crippen LogP contribution in [0.4, 0.5) is 10.6 Å². The van der Waals surface area contributed by atoms with Gasteiger partial charge in [-0.2, -0.15) is 0 Å². The number of nitrogens with one attached hydrogen (secondary N) is 1. The van der Waals surface area contributed by atoms with Gasteiger partial charge in [0.2, 0.25) is 0 Å². The second-order valence-corrected chi connectivity index (χ2v) is 6.91. The maximum atomic E-state index is 12.5. The number of ether oxygens (including phenoxy) is 2. The molecule has 1 aliphatic heterocycles. The molecular formula is C15H20BrN3O4. The van der Waals surface area contributed by atoms with E-state index >= 15 is 0 Å². The molecule has 23 heavy (non-hydrogen) atoms. The normalized spacial score (nSPS) is 18.4. The number of carbonyl (C=O) groups excluding carboxylic acids is 2. The van der Waals surface area contributed by atoms with E-state index in [0.29, 0.717) is 23.6 Å². The van der Waals surface area contributed by atoms with Crippen LogP contribution in [0.25, 0.3) is 0 Å². The molecule has 2 amide bonds. The Balaban J connectivity index is 2.08. The van der Waals surface area contributed by atoms with Gasteiger partial charge >= 0.3 is 6.09 Å². The van der Waals surface area contributed by atoms with Gasteiger partial charge in [-0.05, 0) is 48.8 Å². The average Bonchev–Trinajstić information content (AvgIpc) is 2.45. The van der Waals surface area contributed by atoms with Crippen LogP contribution < -0.4 is 5.32 Å². The Morgan fingerprint density at radius 2 is 2.17 bits per heavy atom. The van der Waals surface area contributed by atoms with Gasteiger partial charge in [0.25, 0.3) is 5.91 Å². The van der Waals surface area contributed by atoms with Crippen molar-refractivity contribution >= 4 is 33.7 Å². The van der Waals surface area contributed by atoms with Crippen LogP contribution in [0.1, 0.15) is 20.8 Å². The monoisotopic (exact) mass is 385 g/mol. The minimum absolute atomic E-state index is 0.124. The first-order chi connectivity index (χ1) is 10.8. The maximum Gasteiger partial charge on any atom is 0.411 e. The third-order valence-corrected chi connectivity index (χ3v) is 3.47. The first kappa shape index (κ1) is 17.7. The van der Waals surface area contributed by atoms with Gasteiger partial charge in [0, 0.05) is 6.54 Å². The number of anilines is 1. The fourth-order valence-corrected chi connectivity index (χ4v) is 2.39. The zero-order valence-corrected chi connectivity index (χ0v) is 14.9. The maximum absolute atomic E-state index is 12.5. The number of pyridine rings is 1. The van der Waals surface area contributed by atoms with Gasteiger partial charge in [0.1, 0.15) is 22.1 Å². The Morgan fingerprint density at radius 1 is 1.43 bits per heavy atom. The van der Waals surface area contributed by atoms with Crippen LogP contribution in [0.2, 0.25) is 0 Å². The lowest BCUT2D eigenvalue weighted by atomic mass is 10.2. The van der Waals surface area contributed by atoms with Crippen molar-refractivity contribution in [3.05, 3.63) is 22.8 Å². The van der Waals surface area contributed by atoms with E-state index in [9.17, 15) is 9.59 Å². The Kier molecular flexibility index (Phi) is 5.59. The summed E-state index contributed by atoms with van der Waals surface area (Å²) in [7, 11) is 0. The number of carbonyl (C=O) groups is 2. The van der Waals surface area contributed by atoms with Gasteiger partial charge < -0.3 is 14.8 Å². The molecule has 0 bridgehead atoms. The molecule has 1 aromatic heterocycles. The molecule has 1 fully saturated rings. The molecule has 0 unspecified atom stereocenters. The van der Waals surface area contributed by atoms with Gasteiger partial charge in [-0.15, -0.1) is 0 Å². The van der Waals surface area contributed by atoms with Gasteiger partial charge in [-0.1, -0.05) is 6.07 Å². The molecule has 7 nitrogen and oxygen atoms in total. The molecule has 8 heteroatoms. The van der Waals surface area contributed by atoms with E-state index in [-0.39, 0.29) is 12.5 Å². The Labute approximate surface area is 143 Å². The van der Waals surface area contributed by atoms with Crippen molar-refractivity contribution in [2.45, 2.75) is 32.4 Å². The number of amides is 2. The highest BCUT2D eigenvalue weighted by atomic mass is 79.9. The number of nitrogens with zero attached hydrogens (tertiary/aromatic N) is 2. The summed E-state index contributed by atoms with van der Waals surface area (Å²) in [6.45, 7) is 6.15. The van der Waals surface area contributed by atoms with E-state index in [0.717, 1.165) is 0 Å². The van der Waals surface area contributed by atoms with Crippen molar-refractivity contribution < 1.29 is 19.1 Å². The second kappa shape index (κ2) is 7.27. The molecule has 0 aliphatic carbocycles. The molecule has 0 aromatic carbocycles. The van der Waals surface area contributed by atoms with Crippen LogP contribution in [0.5, 0.6) is 0 Å². The average molecular weight is 386 g/mol.